The Labute approximate surface area is 193 Å². The molecule has 0 spiro atoms. The summed E-state index contributed by atoms with van der Waals surface area (Å²) < 4.78 is 48.7. The normalized spacial score (nSPS) is 16.9. The van der Waals surface area contributed by atoms with Crippen LogP contribution in [0.15, 0.2) is 30.3 Å². The summed E-state index contributed by atoms with van der Waals surface area (Å²) in [5.41, 5.74) is 0.310. The van der Waals surface area contributed by atoms with Crippen LogP contribution in [0.1, 0.15) is 48.7 Å². The molecule has 1 unspecified atom stereocenters. The number of nitrogens with zero attached hydrogens (tertiary/aromatic N) is 3. The molecule has 0 saturated heterocycles. The monoisotopic (exact) mass is 472 g/mol. The molecule has 0 radical (unpaired) electrons. The van der Waals surface area contributed by atoms with Gasteiger partial charge in [0, 0.05) is 30.0 Å². The van der Waals surface area contributed by atoms with E-state index in [2.05, 4.69) is 15.3 Å². The van der Waals surface area contributed by atoms with E-state index in [1.165, 1.54) is 17.0 Å². The van der Waals surface area contributed by atoms with Crippen molar-refractivity contribution in [1.29, 1.82) is 0 Å². The molecule has 1 aliphatic carbocycles. The van der Waals surface area contributed by atoms with Crippen LogP contribution in [0.25, 0.3) is 10.9 Å². The van der Waals surface area contributed by atoms with E-state index < -0.39 is 30.0 Å². The molecule has 2 aromatic carbocycles. The SMILES string of the molecule is CC(Nc1nc(C2CC2)nc2cc3c(cc12)N(C)C(=O)CO3)c1cccc(C(F)(F)CO)c1F. The Morgan fingerprint density at radius 2 is 2.06 bits per heavy atom. The highest BCUT2D eigenvalue weighted by atomic mass is 19.3. The van der Waals surface area contributed by atoms with E-state index in [1.54, 1.807) is 26.1 Å². The summed E-state index contributed by atoms with van der Waals surface area (Å²) in [6.45, 7) is 0.0862. The quantitative estimate of drug-likeness (QED) is 0.558. The number of hydrogen-bond donors (Lipinski definition) is 2. The molecular weight excluding hydrogens is 449 g/mol. The van der Waals surface area contributed by atoms with Gasteiger partial charge < -0.3 is 20.1 Å². The third-order valence-corrected chi connectivity index (χ3v) is 6.26. The molecule has 7 nitrogen and oxygen atoms in total. The summed E-state index contributed by atoms with van der Waals surface area (Å²) in [6.07, 6.45) is 1.93. The number of fused-ring (bicyclic) bond motifs is 2. The summed E-state index contributed by atoms with van der Waals surface area (Å²) in [5.74, 6) is -3.18. The summed E-state index contributed by atoms with van der Waals surface area (Å²) in [6, 6.07) is 6.47. The Kier molecular flexibility index (Phi) is 5.35. The molecule has 1 aliphatic heterocycles. The second kappa shape index (κ2) is 8.12. The molecule has 2 heterocycles. The molecule has 1 fully saturated rings. The molecule has 1 atom stereocenters. The molecule has 1 amide bonds. The maximum absolute atomic E-state index is 15.0. The number of aliphatic hydroxyl groups is 1. The first-order valence-electron chi connectivity index (χ1n) is 11.0. The van der Waals surface area contributed by atoms with E-state index in [-0.39, 0.29) is 24.0 Å². The minimum absolute atomic E-state index is 0.0129. The van der Waals surface area contributed by atoms with Gasteiger partial charge in [-0.15, -0.1) is 0 Å². The Morgan fingerprint density at radius 3 is 2.76 bits per heavy atom. The van der Waals surface area contributed by atoms with Gasteiger partial charge in [0.05, 0.1) is 22.8 Å². The van der Waals surface area contributed by atoms with Crippen molar-refractivity contribution in [2.24, 2.45) is 0 Å². The fourth-order valence-electron chi connectivity index (χ4n) is 4.08. The number of halogens is 3. The molecule has 10 heteroatoms. The van der Waals surface area contributed by atoms with Crippen molar-refractivity contribution in [2.45, 2.75) is 37.6 Å². The number of alkyl halides is 2. The molecule has 0 bridgehead atoms. The standard InChI is InChI=1S/C24H23F3N4O3/c1-12(14-4-3-5-16(21(14)25)24(26,27)11-32)28-23-15-8-18-19(34-10-20(33)31(18)2)9-17(15)29-22(30-23)13-6-7-13/h3-5,8-9,12-13,32H,6-7,10-11H2,1-2H3,(H,28,29,30). The van der Waals surface area contributed by atoms with Crippen molar-refractivity contribution in [3.63, 3.8) is 0 Å². The van der Waals surface area contributed by atoms with Crippen molar-refractivity contribution in [1.82, 2.24) is 9.97 Å². The number of hydrogen-bond acceptors (Lipinski definition) is 6. The highest BCUT2D eigenvalue weighted by molar-refractivity contribution is 6.02. The van der Waals surface area contributed by atoms with Gasteiger partial charge in [-0.25, -0.2) is 14.4 Å². The number of benzene rings is 2. The van der Waals surface area contributed by atoms with Crippen LogP contribution in [-0.2, 0) is 10.7 Å². The first-order valence-corrected chi connectivity index (χ1v) is 11.0. The lowest BCUT2D eigenvalue weighted by atomic mass is 10.00. The number of carbonyl (C=O) groups is 1. The van der Waals surface area contributed by atoms with Gasteiger partial charge in [0.1, 0.15) is 29.8 Å². The summed E-state index contributed by atoms with van der Waals surface area (Å²) in [5, 5.41) is 12.7. The van der Waals surface area contributed by atoms with Gasteiger partial charge in [0.25, 0.3) is 11.8 Å². The number of aliphatic hydroxyl groups excluding tert-OH is 1. The van der Waals surface area contributed by atoms with Crippen LogP contribution < -0.4 is 15.0 Å². The van der Waals surface area contributed by atoms with Gasteiger partial charge in [0.15, 0.2) is 6.61 Å². The predicted molar refractivity (Wildman–Crippen MR) is 120 cm³/mol. The lowest BCUT2D eigenvalue weighted by Crippen LogP contribution is -2.35. The summed E-state index contributed by atoms with van der Waals surface area (Å²) in [7, 11) is 1.65. The van der Waals surface area contributed by atoms with E-state index in [0.29, 0.717) is 34.0 Å². The van der Waals surface area contributed by atoms with E-state index >= 15 is 4.39 Å². The van der Waals surface area contributed by atoms with E-state index in [1.807, 2.05) is 0 Å². The number of ether oxygens (including phenoxy) is 1. The van der Waals surface area contributed by atoms with E-state index in [0.717, 1.165) is 18.9 Å². The van der Waals surface area contributed by atoms with Crippen molar-refractivity contribution in [3.8, 4) is 5.75 Å². The Balaban J connectivity index is 1.58. The summed E-state index contributed by atoms with van der Waals surface area (Å²) >= 11 is 0. The van der Waals surface area contributed by atoms with Gasteiger partial charge in [-0.3, -0.25) is 4.79 Å². The predicted octanol–water partition coefficient (Wildman–Crippen LogP) is 4.26. The van der Waals surface area contributed by atoms with Crippen molar-refractivity contribution < 1.29 is 27.8 Å². The summed E-state index contributed by atoms with van der Waals surface area (Å²) in [4.78, 5) is 22.9. The van der Waals surface area contributed by atoms with E-state index in [4.69, 9.17) is 9.84 Å². The smallest absolute Gasteiger partial charge is 0.298 e. The third kappa shape index (κ3) is 3.81. The van der Waals surface area contributed by atoms with Gasteiger partial charge >= 0.3 is 0 Å². The zero-order valence-electron chi connectivity index (χ0n) is 18.6. The molecule has 3 aromatic rings. The highest BCUT2D eigenvalue weighted by Crippen LogP contribution is 2.42. The maximum Gasteiger partial charge on any atom is 0.298 e. The van der Waals surface area contributed by atoms with Crippen LogP contribution in [0, 0.1) is 5.82 Å². The number of carbonyl (C=O) groups excluding carboxylic acids is 1. The third-order valence-electron chi connectivity index (χ3n) is 6.26. The van der Waals surface area contributed by atoms with Crippen LogP contribution in [-0.4, -0.2) is 41.2 Å². The van der Waals surface area contributed by atoms with Gasteiger partial charge in [0.2, 0.25) is 0 Å². The van der Waals surface area contributed by atoms with Crippen LogP contribution in [0.2, 0.25) is 0 Å². The largest absolute Gasteiger partial charge is 0.481 e. The maximum atomic E-state index is 15.0. The lowest BCUT2D eigenvalue weighted by molar-refractivity contribution is -0.120. The van der Waals surface area contributed by atoms with Crippen molar-refractivity contribution in [3.05, 3.63) is 53.1 Å². The molecular formula is C24H23F3N4O3. The second-order valence-corrected chi connectivity index (χ2v) is 8.72. The number of aromatic nitrogens is 2. The highest BCUT2D eigenvalue weighted by Gasteiger charge is 2.35. The number of likely N-dealkylation sites (N-methyl/N-ethyl adjacent to an activating group) is 1. The Morgan fingerprint density at radius 1 is 1.29 bits per heavy atom. The zero-order chi connectivity index (χ0) is 24.2. The first-order chi connectivity index (χ1) is 16.2. The number of rotatable bonds is 6. The van der Waals surface area contributed by atoms with Crippen LogP contribution in [0.3, 0.4) is 0 Å². The van der Waals surface area contributed by atoms with Gasteiger partial charge in [-0.1, -0.05) is 12.1 Å². The van der Waals surface area contributed by atoms with Crippen LogP contribution >= 0.6 is 0 Å². The fraction of sp³-hybridized carbons (Fsp3) is 0.375. The zero-order valence-corrected chi connectivity index (χ0v) is 18.6. The molecule has 178 valence electrons. The minimum atomic E-state index is -3.70. The average Bonchev–Trinajstić information content (AvgIpc) is 3.66. The Hall–Kier alpha value is -3.40. The molecule has 2 aliphatic rings. The topological polar surface area (TPSA) is 87.6 Å². The molecule has 5 rings (SSSR count). The van der Waals surface area contributed by atoms with Crippen LogP contribution in [0.4, 0.5) is 24.7 Å². The Bertz CT molecular complexity index is 1300. The molecule has 34 heavy (non-hydrogen) atoms. The van der Waals surface area contributed by atoms with Crippen LogP contribution in [0.5, 0.6) is 5.75 Å². The average molecular weight is 472 g/mol. The molecule has 1 aromatic heterocycles. The lowest BCUT2D eigenvalue weighted by Gasteiger charge is -2.27. The van der Waals surface area contributed by atoms with E-state index in [9.17, 15) is 13.6 Å². The molecule has 1 saturated carbocycles. The number of anilines is 2. The number of nitrogens with one attached hydrogen (secondary N) is 1. The van der Waals surface area contributed by atoms with Gasteiger partial charge in [-0.05, 0) is 31.9 Å². The second-order valence-electron chi connectivity index (χ2n) is 8.72. The number of amides is 1. The minimum Gasteiger partial charge on any atom is -0.481 e. The van der Waals surface area contributed by atoms with Crippen molar-refractivity contribution >= 4 is 28.3 Å². The van der Waals surface area contributed by atoms with Crippen molar-refractivity contribution in [2.75, 3.05) is 30.5 Å². The first kappa shape index (κ1) is 22.4. The van der Waals surface area contributed by atoms with Gasteiger partial charge in [-0.2, -0.15) is 8.78 Å². The molecule has 2 N–H and O–H groups in total. The fourth-order valence-corrected chi connectivity index (χ4v) is 4.08.